The normalized spacial score (nSPS) is 12.2. The fourth-order valence-electron chi connectivity index (χ4n) is 1.75. The monoisotopic (exact) mass is 311 g/mol. The minimum absolute atomic E-state index is 0.110. The van der Waals surface area contributed by atoms with Crippen molar-refractivity contribution < 1.29 is 13.9 Å². The van der Waals surface area contributed by atoms with E-state index < -0.39 is 8.32 Å². The fourth-order valence-corrected chi connectivity index (χ4v) is 2.77. The standard InChI is InChI=1S/C16H29NO3Si/c1-16(2,3)21(6,7)20-15-13(18-4)10-12(8-9-17)11-14(15)19-5/h10-11H,8-9,17H2,1-7H3. The van der Waals surface area contributed by atoms with Crippen LogP contribution in [0.15, 0.2) is 12.1 Å². The highest BCUT2D eigenvalue weighted by molar-refractivity contribution is 6.74. The van der Waals surface area contributed by atoms with E-state index in [1.807, 2.05) is 12.1 Å². The number of hydrogen-bond acceptors (Lipinski definition) is 4. The van der Waals surface area contributed by atoms with E-state index in [1.165, 1.54) is 0 Å². The van der Waals surface area contributed by atoms with Gasteiger partial charge >= 0.3 is 0 Å². The quantitative estimate of drug-likeness (QED) is 0.816. The van der Waals surface area contributed by atoms with Crippen molar-refractivity contribution in [2.45, 2.75) is 45.3 Å². The Bertz CT molecular complexity index is 456. The minimum atomic E-state index is -1.96. The largest absolute Gasteiger partial charge is 0.539 e. The van der Waals surface area contributed by atoms with Crippen LogP contribution < -0.4 is 19.6 Å². The SMILES string of the molecule is COc1cc(CCN)cc(OC)c1O[Si](C)(C)C(C)(C)C. The third-order valence-electron chi connectivity index (χ3n) is 4.12. The van der Waals surface area contributed by atoms with E-state index in [-0.39, 0.29) is 5.04 Å². The molecule has 0 atom stereocenters. The number of hydrogen-bond donors (Lipinski definition) is 1. The molecule has 0 aliphatic rings. The van der Waals surface area contributed by atoms with Gasteiger partial charge in [-0.05, 0) is 48.8 Å². The first-order valence-electron chi connectivity index (χ1n) is 7.30. The summed E-state index contributed by atoms with van der Waals surface area (Å²) in [5.74, 6) is 2.12. The molecule has 1 aromatic rings. The molecular formula is C16H29NO3Si. The highest BCUT2D eigenvalue weighted by atomic mass is 28.4. The van der Waals surface area contributed by atoms with Crippen molar-refractivity contribution in [1.29, 1.82) is 0 Å². The van der Waals surface area contributed by atoms with E-state index in [9.17, 15) is 0 Å². The molecule has 4 nitrogen and oxygen atoms in total. The predicted octanol–water partition coefficient (Wildman–Crippen LogP) is 3.59. The molecule has 0 heterocycles. The topological polar surface area (TPSA) is 53.7 Å². The molecule has 120 valence electrons. The Morgan fingerprint density at radius 2 is 1.52 bits per heavy atom. The van der Waals surface area contributed by atoms with Crippen LogP contribution in [0.25, 0.3) is 0 Å². The Morgan fingerprint density at radius 1 is 1.05 bits per heavy atom. The Balaban J connectivity index is 3.28. The Hall–Kier alpha value is -1.20. The van der Waals surface area contributed by atoms with Gasteiger partial charge in [0, 0.05) is 0 Å². The molecule has 0 amide bonds. The van der Waals surface area contributed by atoms with Crippen molar-refractivity contribution in [3.63, 3.8) is 0 Å². The summed E-state index contributed by atoms with van der Waals surface area (Å²) >= 11 is 0. The second-order valence-corrected chi connectivity index (χ2v) is 11.5. The van der Waals surface area contributed by atoms with E-state index in [0.717, 1.165) is 12.0 Å². The second-order valence-electron chi connectivity index (χ2n) is 6.73. The molecule has 0 saturated heterocycles. The molecule has 0 bridgehead atoms. The zero-order valence-corrected chi connectivity index (χ0v) is 15.4. The summed E-state index contributed by atoms with van der Waals surface area (Å²) in [5, 5.41) is 0.110. The summed E-state index contributed by atoms with van der Waals surface area (Å²) in [6.07, 6.45) is 0.785. The van der Waals surface area contributed by atoms with Crippen LogP contribution in [0.5, 0.6) is 17.2 Å². The lowest BCUT2D eigenvalue weighted by atomic mass is 10.1. The molecule has 0 radical (unpaired) electrons. The zero-order valence-electron chi connectivity index (χ0n) is 14.4. The molecular weight excluding hydrogens is 282 g/mol. The van der Waals surface area contributed by atoms with Gasteiger partial charge in [-0.1, -0.05) is 20.8 Å². The zero-order chi connectivity index (χ0) is 16.3. The van der Waals surface area contributed by atoms with Gasteiger partial charge in [0.05, 0.1) is 14.2 Å². The molecule has 0 spiro atoms. The maximum Gasteiger partial charge on any atom is 0.250 e. The molecule has 5 heteroatoms. The van der Waals surface area contributed by atoms with Gasteiger partial charge in [-0.2, -0.15) is 0 Å². The average Bonchev–Trinajstić information content (AvgIpc) is 2.38. The molecule has 0 fully saturated rings. The molecule has 0 unspecified atom stereocenters. The number of methoxy groups -OCH3 is 2. The number of ether oxygens (including phenoxy) is 2. The first kappa shape index (κ1) is 17.8. The van der Waals surface area contributed by atoms with Crippen LogP contribution in [-0.4, -0.2) is 29.1 Å². The van der Waals surface area contributed by atoms with E-state index in [4.69, 9.17) is 19.6 Å². The van der Waals surface area contributed by atoms with E-state index in [2.05, 4.69) is 33.9 Å². The molecule has 0 aliphatic heterocycles. The summed E-state index contributed by atoms with van der Waals surface area (Å²) in [6.45, 7) is 11.6. The van der Waals surface area contributed by atoms with Crippen LogP contribution >= 0.6 is 0 Å². The van der Waals surface area contributed by atoms with Crippen LogP contribution in [0.1, 0.15) is 26.3 Å². The molecule has 1 rings (SSSR count). The summed E-state index contributed by atoms with van der Waals surface area (Å²) < 4.78 is 17.4. The Kier molecular flexibility index (Phi) is 5.70. The van der Waals surface area contributed by atoms with Gasteiger partial charge < -0.3 is 19.6 Å². The summed E-state index contributed by atoms with van der Waals surface area (Å²) in [4.78, 5) is 0. The lowest BCUT2D eigenvalue weighted by Gasteiger charge is -2.37. The van der Waals surface area contributed by atoms with Crippen LogP contribution in [0.4, 0.5) is 0 Å². The average molecular weight is 311 g/mol. The van der Waals surface area contributed by atoms with E-state index in [0.29, 0.717) is 23.8 Å². The van der Waals surface area contributed by atoms with Gasteiger partial charge in [0.15, 0.2) is 17.2 Å². The molecule has 1 aromatic carbocycles. The molecule has 0 aliphatic carbocycles. The first-order valence-corrected chi connectivity index (χ1v) is 10.2. The molecule has 21 heavy (non-hydrogen) atoms. The van der Waals surface area contributed by atoms with Crippen LogP contribution in [0, 0.1) is 0 Å². The number of nitrogens with two attached hydrogens (primary N) is 1. The summed E-state index contributed by atoms with van der Waals surface area (Å²) in [7, 11) is 1.34. The summed E-state index contributed by atoms with van der Waals surface area (Å²) in [6, 6.07) is 3.97. The third-order valence-corrected chi connectivity index (χ3v) is 8.44. The fraction of sp³-hybridized carbons (Fsp3) is 0.625. The van der Waals surface area contributed by atoms with Crippen molar-refractivity contribution in [3.8, 4) is 17.2 Å². The summed E-state index contributed by atoms with van der Waals surface area (Å²) in [5.41, 5.74) is 6.73. The Morgan fingerprint density at radius 3 is 1.86 bits per heavy atom. The highest BCUT2D eigenvalue weighted by Gasteiger charge is 2.40. The van der Waals surface area contributed by atoms with Crippen LogP contribution in [-0.2, 0) is 6.42 Å². The smallest absolute Gasteiger partial charge is 0.250 e. The molecule has 2 N–H and O–H groups in total. The van der Waals surface area contributed by atoms with Crippen LogP contribution in [0.3, 0.4) is 0 Å². The lowest BCUT2D eigenvalue weighted by Crippen LogP contribution is -2.44. The van der Waals surface area contributed by atoms with E-state index >= 15 is 0 Å². The maximum absolute atomic E-state index is 6.40. The van der Waals surface area contributed by atoms with Crippen LogP contribution in [0.2, 0.25) is 18.1 Å². The maximum atomic E-state index is 6.40. The minimum Gasteiger partial charge on any atom is -0.539 e. The van der Waals surface area contributed by atoms with Gasteiger partial charge in [-0.25, -0.2) is 0 Å². The van der Waals surface area contributed by atoms with Gasteiger partial charge in [0.1, 0.15) is 0 Å². The van der Waals surface area contributed by atoms with Gasteiger partial charge in [-0.15, -0.1) is 0 Å². The first-order chi connectivity index (χ1) is 9.66. The molecule has 0 saturated carbocycles. The van der Waals surface area contributed by atoms with Crippen molar-refractivity contribution in [1.82, 2.24) is 0 Å². The van der Waals surface area contributed by atoms with Gasteiger partial charge in [0.2, 0.25) is 0 Å². The number of rotatable bonds is 6. The van der Waals surface area contributed by atoms with Crippen molar-refractivity contribution in [2.24, 2.45) is 5.73 Å². The van der Waals surface area contributed by atoms with Gasteiger partial charge in [0.25, 0.3) is 8.32 Å². The van der Waals surface area contributed by atoms with E-state index in [1.54, 1.807) is 14.2 Å². The number of benzene rings is 1. The predicted molar refractivity (Wildman–Crippen MR) is 90.1 cm³/mol. The second kappa shape index (κ2) is 6.71. The lowest BCUT2D eigenvalue weighted by molar-refractivity contribution is 0.354. The van der Waals surface area contributed by atoms with Gasteiger partial charge in [-0.3, -0.25) is 0 Å². The molecule has 0 aromatic heterocycles. The van der Waals surface area contributed by atoms with Crippen molar-refractivity contribution in [3.05, 3.63) is 17.7 Å². The van der Waals surface area contributed by atoms with Crippen molar-refractivity contribution in [2.75, 3.05) is 20.8 Å². The Labute approximate surface area is 129 Å². The van der Waals surface area contributed by atoms with Crippen molar-refractivity contribution >= 4 is 8.32 Å². The highest BCUT2D eigenvalue weighted by Crippen LogP contribution is 2.44. The third kappa shape index (κ3) is 4.14.